The van der Waals surface area contributed by atoms with Crippen LogP contribution in [0.5, 0.6) is 0 Å². The first-order valence-corrected chi connectivity index (χ1v) is 7.32. The van der Waals surface area contributed by atoms with Crippen molar-refractivity contribution >= 4 is 0 Å². The van der Waals surface area contributed by atoms with Crippen LogP contribution >= 0.6 is 0 Å². The number of rotatable bonds is 5. The molecular weight excluding hydrogens is 210 g/mol. The molecular formula is C14H29N3. The molecule has 100 valence electrons. The number of nitrogens with zero attached hydrogens (tertiary/aromatic N) is 2. The zero-order valence-corrected chi connectivity index (χ0v) is 11.6. The highest BCUT2D eigenvalue weighted by atomic mass is 15.1. The maximum absolute atomic E-state index is 3.46. The molecule has 17 heavy (non-hydrogen) atoms. The predicted octanol–water partition coefficient (Wildman–Crippen LogP) is 1.26. The molecule has 0 aliphatic carbocycles. The maximum atomic E-state index is 3.46. The monoisotopic (exact) mass is 239 g/mol. The Hall–Kier alpha value is -0.120. The SMILES string of the molecule is CN1CCC(CCN(C)CC2CCNC2)CC1. The molecule has 0 amide bonds. The number of hydrogen-bond acceptors (Lipinski definition) is 3. The van der Waals surface area contributed by atoms with E-state index in [1.807, 2.05) is 0 Å². The van der Waals surface area contributed by atoms with E-state index >= 15 is 0 Å². The lowest BCUT2D eigenvalue weighted by atomic mass is 9.93. The maximum Gasteiger partial charge on any atom is 0.00192 e. The van der Waals surface area contributed by atoms with E-state index < -0.39 is 0 Å². The Balaban J connectivity index is 1.57. The molecule has 1 atom stereocenters. The van der Waals surface area contributed by atoms with E-state index in [-0.39, 0.29) is 0 Å². The lowest BCUT2D eigenvalue weighted by Crippen LogP contribution is -2.33. The van der Waals surface area contributed by atoms with Crippen molar-refractivity contribution in [3.8, 4) is 0 Å². The molecule has 0 saturated carbocycles. The van der Waals surface area contributed by atoms with Crippen molar-refractivity contribution in [2.24, 2.45) is 11.8 Å². The zero-order chi connectivity index (χ0) is 12.1. The van der Waals surface area contributed by atoms with Gasteiger partial charge in [0.25, 0.3) is 0 Å². The van der Waals surface area contributed by atoms with Crippen molar-refractivity contribution in [2.45, 2.75) is 25.7 Å². The van der Waals surface area contributed by atoms with Gasteiger partial charge in [0, 0.05) is 6.54 Å². The molecule has 1 unspecified atom stereocenters. The predicted molar refractivity (Wildman–Crippen MR) is 73.3 cm³/mol. The molecule has 2 fully saturated rings. The summed E-state index contributed by atoms with van der Waals surface area (Å²) >= 11 is 0. The second-order valence-corrected chi connectivity index (χ2v) is 6.16. The third-order valence-corrected chi connectivity index (χ3v) is 4.49. The first-order valence-electron chi connectivity index (χ1n) is 7.32. The van der Waals surface area contributed by atoms with Gasteiger partial charge >= 0.3 is 0 Å². The summed E-state index contributed by atoms with van der Waals surface area (Å²) in [6, 6.07) is 0. The summed E-state index contributed by atoms with van der Waals surface area (Å²) in [5, 5.41) is 3.46. The highest BCUT2D eigenvalue weighted by Gasteiger charge is 2.19. The molecule has 2 aliphatic rings. The Labute approximate surface area is 107 Å². The highest BCUT2D eigenvalue weighted by Crippen LogP contribution is 2.20. The Morgan fingerprint density at radius 1 is 1.18 bits per heavy atom. The van der Waals surface area contributed by atoms with Gasteiger partial charge in [0.05, 0.1) is 0 Å². The minimum absolute atomic E-state index is 0.900. The Bertz CT molecular complexity index is 206. The van der Waals surface area contributed by atoms with Crippen molar-refractivity contribution in [3.63, 3.8) is 0 Å². The van der Waals surface area contributed by atoms with Crippen LogP contribution in [0.1, 0.15) is 25.7 Å². The summed E-state index contributed by atoms with van der Waals surface area (Å²) in [6.07, 6.45) is 5.60. The van der Waals surface area contributed by atoms with Crippen LogP contribution in [-0.2, 0) is 0 Å². The molecule has 0 radical (unpaired) electrons. The van der Waals surface area contributed by atoms with Crippen LogP contribution in [-0.4, -0.2) is 63.2 Å². The van der Waals surface area contributed by atoms with E-state index in [4.69, 9.17) is 0 Å². The second-order valence-electron chi connectivity index (χ2n) is 6.16. The van der Waals surface area contributed by atoms with Gasteiger partial charge in [0.1, 0.15) is 0 Å². The Kier molecular flexibility index (Phi) is 5.26. The first-order chi connectivity index (χ1) is 8.24. The van der Waals surface area contributed by atoms with Crippen LogP contribution in [0.15, 0.2) is 0 Å². The summed E-state index contributed by atoms with van der Waals surface area (Å²) < 4.78 is 0. The van der Waals surface area contributed by atoms with Gasteiger partial charge < -0.3 is 15.1 Å². The third kappa shape index (κ3) is 4.57. The second kappa shape index (κ2) is 6.72. The van der Waals surface area contributed by atoms with Crippen molar-refractivity contribution in [1.29, 1.82) is 0 Å². The number of hydrogen-bond donors (Lipinski definition) is 1. The number of nitrogens with one attached hydrogen (secondary N) is 1. The molecule has 0 bridgehead atoms. The van der Waals surface area contributed by atoms with E-state index in [2.05, 4.69) is 29.2 Å². The van der Waals surface area contributed by atoms with Crippen LogP contribution in [0.2, 0.25) is 0 Å². The van der Waals surface area contributed by atoms with Gasteiger partial charge in [-0.25, -0.2) is 0 Å². The van der Waals surface area contributed by atoms with Crippen LogP contribution in [0.4, 0.5) is 0 Å². The van der Waals surface area contributed by atoms with Gasteiger partial charge in [-0.15, -0.1) is 0 Å². The molecule has 0 aromatic heterocycles. The van der Waals surface area contributed by atoms with Crippen LogP contribution in [0.25, 0.3) is 0 Å². The van der Waals surface area contributed by atoms with Crippen molar-refractivity contribution < 1.29 is 0 Å². The molecule has 2 aliphatic heterocycles. The largest absolute Gasteiger partial charge is 0.316 e. The minimum atomic E-state index is 0.900. The van der Waals surface area contributed by atoms with E-state index in [0.717, 1.165) is 11.8 Å². The lowest BCUT2D eigenvalue weighted by molar-refractivity contribution is 0.190. The minimum Gasteiger partial charge on any atom is -0.316 e. The molecule has 3 heteroatoms. The van der Waals surface area contributed by atoms with E-state index in [1.54, 1.807) is 0 Å². The highest BCUT2D eigenvalue weighted by molar-refractivity contribution is 4.75. The fourth-order valence-corrected chi connectivity index (χ4v) is 3.16. The molecule has 1 N–H and O–H groups in total. The van der Waals surface area contributed by atoms with Gasteiger partial charge in [-0.05, 0) is 84.3 Å². The summed E-state index contributed by atoms with van der Waals surface area (Å²) in [6.45, 7) is 7.67. The lowest BCUT2D eigenvalue weighted by Gasteiger charge is -2.30. The average Bonchev–Trinajstić information content (AvgIpc) is 2.81. The summed E-state index contributed by atoms with van der Waals surface area (Å²) in [4.78, 5) is 5.01. The topological polar surface area (TPSA) is 18.5 Å². The molecule has 2 saturated heterocycles. The van der Waals surface area contributed by atoms with Crippen LogP contribution in [0.3, 0.4) is 0 Å². The normalized spacial score (nSPS) is 28.1. The van der Waals surface area contributed by atoms with Gasteiger partial charge in [-0.3, -0.25) is 0 Å². The van der Waals surface area contributed by atoms with E-state index in [0.29, 0.717) is 0 Å². The van der Waals surface area contributed by atoms with E-state index in [1.165, 1.54) is 65.0 Å². The number of likely N-dealkylation sites (tertiary alicyclic amines) is 1. The van der Waals surface area contributed by atoms with Gasteiger partial charge in [0.2, 0.25) is 0 Å². The fraction of sp³-hybridized carbons (Fsp3) is 1.00. The molecule has 3 nitrogen and oxygen atoms in total. The smallest absolute Gasteiger partial charge is 0.00192 e. The third-order valence-electron chi connectivity index (χ3n) is 4.49. The zero-order valence-electron chi connectivity index (χ0n) is 11.6. The first kappa shape index (κ1) is 13.3. The van der Waals surface area contributed by atoms with Gasteiger partial charge in [-0.2, -0.15) is 0 Å². The molecule has 0 spiro atoms. The standard InChI is InChI=1S/C14H29N3/c1-16-8-4-13(5-9-16)6-10-17(2)12-14-3-7-15-11-14/h13-15H,3-12H2,1-2H3. The molecule has 2 heterocycles. The van der Waals surface area contributed by atoms with Crippen molar-refractivity contribution in [2.75, 3.05) is 53.4 Å². The summed E-state index contributed by atoms with van der Waals surface area (Å²) in [5.41, 5.74) is 0. The van der Waals surface area contributed by atoms with Crippen molar-refractivity contribution in [1.82, 2.24) is 15.1 Å². The molecule has 0 aromatic carbocycles. The van der Waals surface area contributed by atoms with Gasteiger partial charge in [-0.1, -0.05) is 0 Å². The van der Waals surface area contributed by atoms with Gasteiger partial charge in [0.15, 0.2) is 0 Å². The molecule has 2 rings (SSSR count). The average molecular weight is 239 g/mol. The van der Waals surface area contributed by atoms with Crippen LogP contribution < -0.4 is 5.32 Å². The Morgan fingerprint density at radius 3 is 2.59 bits per heavy atom. The van der Waals surface area contributed by atoms with Crippen LogP contribution in [0, 0.1) is 11.8 Å². The summed E-state index contributed by atoms with van der Waals surface area (Å²) in [5.74, 6) is 1.88. The summed E-state index contributed by atoms with van der Waals surface area (Å²) in [7, 11) is 4.54. The fourth-order valence-electron chi connectivity index (χ4n) is 3.16. The van der Waals surface area contributed by atoms with E-state index in [9.17, 15) is 0 Å². The molecule has 0 aromatic rings. The number of piperidine rings is 1. The van der Waals surface area contributed by atoms with Crippen molar-refractivity contribution in [3.05, 3.63) is 0 Å². The Morgan fingerprint density at radius 2 is 1.94 bits per heavy atom. The quantitative estimate of drug-likeness (QED) is 0.779.